The molecule has 0 bridgehead atoms. The summed E-state index contributed by atoms with van der Waals surface area (Å²) in [5.41, 5.74) is 1.40. The van der Waals surface area contributed by atoms with Crippen molar-refractivity contribution in [1.82, 2.24) is 5.32 Å². The number of hydrogen-bond acceptors (Lipinski definition) is 2. The Hall–Kier alpha value is -1.64. The van der Waals surface area contributed by atoms with Crippen LogP contribution < -0.4 is 5.32 Å². The van der Waals surface area contributed by atoms with E-state index in [0.29, 0.717) is 12.0 Å². The van der Waals surface area contributed by atoms with Crippen molar-refractivity contribution in [2.75, 3.05) is 6.54 Å². The van der Waals surface area contributed by atoms with E-state index in [1.54, 1.807) is 0 Å². The van der Waals surface area contributed by atoms with Crippen molar-refractivity contribution in [3.05, 3.63) is 71.1 Å². The van der Waals surface area contributed by atoms with Gasteiger partial charge in [-0.1, -0.05) is 55.5 Å². The lowest BCUT2D eigenvalue weighted by molar-refractivity contribution is 0.543. The topological polar surface area (TPSA) is 12.0 Å². The Labute approximate surface area is 130 Å². The van der Waals surface area contributed by atoms with E-state index in [1.165, 1.54) is 20.5 Å². The van der Waals surface area contributed by atoms with Gasteiger partial charge in [0.1, 0.15) is 0 Å². The molecule has 0 spiro atoms. The first-order valence-electron chi connectivity index (χ1n) is 7.51. The molecule has 108 valence electrons. The van der Waals surface area contributed by atoms with Crippen molar-refractivity contribution in [1.29, 1.82) is 0 Å². The van der Waals surface area contributed by atoms with Gasteiger partial charge in [0.15, 0.2) is 0 Å². The zero-order valence-electron chi connectivity index (χ0n) is 12.5. The molecule has 0 radical (unpaired) electrons. The van der Waals surface area contributed by atoms with E-state index in [9.17, 15) is 0 Å². The van der Waals surface area contributed by atoms with Gasteiger partial charge in [-0.05, 0) is 35.9 Å². The first-order valence-corrected chi connectivity index (χ1v) is 8.32. The van der Waals surface area contributed by atoms with Gasteiger partial charge in [-0.15, -0.1) is 11.3 Å². The molecule has 0 aliphatic carbocycles. The minimum atomic E-state index is 0.397. The van der Waals surface area contributed by atoms with Crippen LogP contribution in [0.5, 0.6) is 0 Å². The predicted octanol–water partition coefficient (Wildman–Crippen LogP) is 5.36. The molecule has 1 nitrogen and oxygen atoms in total. The molecule has 1 N–H and O–H groups in total. The Morgan fingerprint density at radius 3 is 2.43 bits per heavy atom. The predicted molar refractivity (Wildman–Crippen MR) is 93.1 cm³/mol. The van der Waals surface area contributed by atoms with Crippen molar-refractivity contribution in [3.8, 4) is 0 Å². The lowest BCUT2D eigenvalue weighted by Crippen LogP contribution is -2.22. The number of benzene rings is 2. The van der Waals surface area contributed by atoms with E-state index in [4.69, 9.17) is 0 Å². The highest BCUT2D eigenvalue weighted by Crippen LogP contribution is 2.29. The maximum Gasteiger partial charge on any atom is 0.0386 e. The highest BCUT2D eigenvalue weighted by molar-refractivity contribution is 7.19. The van der Waals surface area contributed by atoms with Crippen LogP contribution in [0.15, 0.2) is 60.7 Å². The van der Waals surface area contributed by atoms with Crippen LogP contribution in [-0.4, -0.2) is 6.54 Å². The Bertz CT molecular complexity index is 669. The van der Waals surface area contributed by atoms with Crippen molar-refractivity contribution in [2.24, 2.45) is 0 Å². The summed E-state index contributed by atoms with van der Waals surface area (Å²) in [7, 11) is 0. The average Bonchev–Trinajstić information content (AvgIpc) is 2.97. The maximum absolute atomic E-state index is 3.67. The quantitative estimate of drug-likeness (QED) is 0.668. The summed E-state index contributed by atoms with van der Waals surface area (Å²) >= 11 is 1.89. The van der Waals surface area contributed by atoms with Crippen LogP contribution >= 0.6 is 11.3 Å². The van der Waals surface area contributed by atoms with E-state index in [1.807, 2.05) is 11.3 Å². The summed E-state index contributed by atoms with van der Waals surface area (Å²) in [6, 6.07) is 22.0. The van der Waals surface area contributed by atoms with Crippen LogP contribution in [0.3, 0.4) is 0 Å². The van der Waals surface area contributed by atoms with Crippen LogP contribution in [0.1, 0.15) is 36.2 Å². The zero-order valence-corrected chi connectivity index (χ0v) is 13.4. The van der Waals surface area contributed by atoms with Crippen LogP contribution in [0, 0.1) is 0 Å². The molecule has 2 heteroatoms. The molecule has 0 fully saturated rings. The van der Waals surface area contributed by atoms with E-state index >= 15 is 0 Å². The van der Waals surface area contributed by atoms with Gasteiger partial charge in [-0.25, -0.2) is 0 Å². The summed E-state index contributed by atoms with van der Waals surface area (Å²) in [6.07, 6.45) is 0. The fourth-order valence-corrected chi connectivity index (χ4v) is 3.66. The summed E-state index contributed by atoms with van der Waals surface area (Å²) in [5, 5.41) is 5.02. The molecule has 1 aromatic heterocycles. The molecular formula is C19H21NS. The second kappa shape index (κ2) is 6.42. The smallest absolute Gasteiger partial charge is 0.0386 e. The SMILES string of the molecule is CC(CNC(C)c1cc2ccccc2s1)c1ccccc1. The van der Waals surface area contributed by atoms with E-state index < -0.39 is 0 Å². The number of fused-ring (bicyclic) bond motifs is 1. The van der Waals surface area contributed by atoms with E-state index in [-0.39, 0.29) is 0 Å². The number of thiophene rings is 1. The van der Waals surface area contributed by atoms with Gasteiger partial charge in [-0.2, -0.15) is 0 Å². The van der Waals surface area contributed by atoms with E-state index in [0.717, 1.165) is 6.54 Å². The third-order valence-electron chi connectivity index (χ3n) is 3.97. The second-order valence-electron chi connectivity index (χ2n) is 5.63. The fourth-order valence-electron chi connectivity index (χ4n) is 2.57. The van der Waals surface area contributed by atoms with Crippen molar-refractivity contribution in [2.45, 2.75) is 25.8 Å². The second-order valence-corrected chi connectivity index (χ2v) is 6.74. The Morgan fingerprint density at radius 1 is 0.952 bits per heavy atom. The van der Waals surface area contributed by atoms with Crippen LogP contribution in [0.4, 0.5) is 0 Å². The number of hydrogen-bond donors (Lipinski definition) is 1. The maximum atomic E-state index is 3.67. The average molecular weight is 295 g/mol. The lowest BCUT2D eigenvalue weighted by Gasteiger charge is -2.17. The van der Waals surface area contributed by atoms with Crippen LogP contribution in [0.2, 0.25) is 0 Å². The standard InChI is InChI=1S/C19H21NS/c1-14(16-8-4-3-5-9-16)13-20-15(2)19-12-17-10-6-7-11-18(17)21-19/h3-12,14-15,20H,13H2,1-2H3. The zero-order chi connectivity index (χ0) is 14.7. The fraction of sp³-hybridized carbons (Fsp3) is 0.263. The Morgan fingerprint density at radius 2 is 1.67 bits per heavy atom. The highest BCUT2D eigenvalue weighted by Gasteiger charge is 2.11. The first-order chi connectivity index (χ1) is 10.2. The largest absolute Gasteiger partial charge is 0.309 e. The summed E-state index contributed by atoms with van der Waals surface area (Å²) in [4.78, 5) is 1.41. The van der Waals surface area contributed by atoms with E-state index in [2.05, 4.69) is 79.8 Å². The number of nitrogens with one attached hydrogen (secondary N) is 1. The van der Waals surface area contributed by atoms with Crippen molar-refractivity contribution >= 4 is 21.4 Å². The molecule has 2 aromatic carbocycles. The first kappa shape index (κ1) is 14.3. The normalized spacial score (nSPS) is 14.2. The minimum Gasteiger partial charge on any atom is -0.309 e. The molecule has 0 aliphatic heterocycles. The Kier molecular flexibility index (Phi) is 4.37. The van der Waals surface area contributed by atoms with Crippen molar-refractivity contribution < 1.29 is 0 Å². The Balaban J connectivity index is 1.65. The van der Waals surface area contributed by atoms with Gasteiger partial charge >= 0.3 is 0 Å². The third-order valence-corrected chi connectivity index (χ3v) is 5.27. The molecule has 1 heterocycles. The molecule has 21 heavy (non-hydrogen) atoms. The number of rotatable bonds is 5. The third kappa shape index (κ3) is 3.34. The summed E-state index contributed by atoms with van der Waals surface area (Å²) < 4.78 is 1.37. The highest BCUT2D eigenvalue weighted by atomic mass is 32.1. The lowest BCUT2D eigenvalue weighted by atomic mass is 10.0. The van der Waals surface area contributed by atoms with Gasteiger partial charge in [-0.3, -0.25) is 0 Å². The molecular weight excluding hydrogens is 274 g/mol. The summed E-state index contributed by atoms with van der Waals surface area (Å²) in [6.45, 7) is 5.53. The van der Waals surface area contributed by atoms with Gasteiger partial charge in [0.2, 0.25) is 0 Å². The molecule has 2 unspecified atom stereocenters. The molecule has 0 amide bonds. The molecule has 3 rings (SSSR count). The van der Waals surface area contributed by atoms with Gasteiger partial charge in [0.05, 0.1) is 0 Å². The van der Waals surface area contributed by atoms with Gasteiger partial charge in [0.25, 0.3) is 0 Å². The summed E-state index contributed by atoms with van der Waals surface area (Å²) in [5.74, 6) is 0.531. The molecule has 0 aliphatic rings. The monoisotopic (exact) mass is 295 g/mol. The van der Waals surface area contributed by atoms with Gasteiger partial charge in [0, 0.05) is 22.2 Å². The van der Waals surface area contributed by atoms with Crippen LogP contribution in [-0.2, 0) is 0 Å². The molecule has 3 aromatic rings. The molecule has 0 saturated heterocycles. The van der Waals surface area contributed by atoms with Crippen LogP contribution in [0.25, 0.3) is 10.1 Å². The van der Waals surface area contributed by atoms with Gasteiger partial charge < -0.3 is 5.32 Å². The molecule has 0 saturated carbocycles. The van der Waals surface area contributed by atoms with Crippen molar-refractivity contribution in [3.63, 3.8) is 0 Å². The minimum absolute atomic E-state index is 0.397. The molecule has 2 atom stereocenters.